The van der Waals surface area contributed by atoms with Crippen LogP contribution in [-0.2, 0) is 0 Å². The molecular weight excluding hydrogens is 217 g/mol. The normalized spacial score (nSPS) is 21.2. The van der Waals surface area contributed by atoms with E-state index in [-0.39, 0.29) is 11.4 Å². The van der Waals surface area contributed by atoms with E-state index in [1.165, 1.54) is 0 Å². The van der Waals surface area contributed by atoms with Crippen LogP contribution < -0.4 is 0 Å². The molecule has 0 bridgehead atoms. The quantitative estimate of drug-likeness (QED) is 0.409. The first kappa shape index (κ1) is 11.5. The molecule has 0 saturated heterocycles. The molecule has 86 valence electrons. The van der Waals surface area contributed by atoms with Gasteiger partial charge in [-0.15, -0.1) is 13.2 Å². The Morgan fingerprint density at radius 3 is 2.60 bits per heavy atom. The van der Waals surface area contributed by atoms with E-state index in [9.17, 15) is 23.3 Å². The van der Waals surface area contributed by atoms with Crippen molar-refractivity contribution in [3.05, 3.63) is 10.1 Å². The van der Waals surface area contributed by atoms with Gasteiger partial charge in [-0.2, -0.15) is 10.0 Å². The van der Waals surface area contributed by atoms with Crippen LogP contribution in [0.3, 0.4) is 0 Å². The van der Waals surface area contributed by atoms with Crippen molar-refractivity contribution in [1.29, 1.82) is 0 Å². The number of nitro groups is 1. The van der Waals surface area contributed by atoms with Gasteiger partial charge in [-0.05, 0) is 6.42 Å². The zero-order valence-corrected chi connectivity index (χ0v) is 7.81. The maximum atomic E-state index is 12.3. The maximum absolute atomic E-state index is 12.3. The van der Waals surface area contributed by atoms with Crippen LogP contribution in [0.5, 0.6) is 0 Å². The van der Waals surface area contributed by atoms with Crippen molar-refractivity contribution in [2.24, 2.45) is 5.10 Å². The number of nitrogens with zero attached hydrogens (tertiary/aromatic N) is 4. The molecule has 9 heteroatoms. The maximum Gasteiger partial charge on any atom is 0.492 e. The second-order valence-electron chi connectivity index (χ2n) is 2.90. The molecule has 15 heavy (non-hydrogen) atoms. The summed E-state index contributed by atoms with van der Waals surface area (Å²) in [4.78, 5) is 9.14. The summed E-state index contributed by atoms with van der Waals surface area (Å²) in [6, 6.07) is 0. The van der Waals surface area contributed by atoms with Gasteiger partial charge in [-0.25, -0.2) is 5.01 Å². The lowest BCUT2D eigenvalue weighted by atomic mass is 10.5. The molecule has 0 fully saturated rings. The van der Waals surface area contributed by atoms with Gasteiger partial charge in [0.05, 0.1) is 4.92 Å². The van der Waals surface area contributed by atoms with Gasteiger partial charge >= 0.3 is 12.6 Å². The zero-order valence-electron chi connectivity index (χ0n) is 7.81. The third-order valence-corrected chi connectivity index (χ3v) is 1.77. The van der Waals surface area contributed by atoms with E-state index in [4.69, 9.17) is 0 Å². The Hall–Kier alpha value is -1.54. The number of halogens is 3. The van der Waals surface area contributed by atoms with E-state index in [1.54, 1.807) is 6.92 Å². The van der Waals surface area contributed by atoms with E-state index in [2.05, 4.69) is 5.10 Å². The Morgan fingerprint density at radius 1 is 1.60 bits per heavy atom. The highest BCUT2D eigenvalue weighted by atomic mass is 19.4. The Morgan fingerprint density at radius 2 is 2.20 bits per heavy atom. The van der Waals surface area contributed by atoms with Gasteiger partial charge in [0.25, 0.3) is 0 Å². The van der Waals surface area contributed by atoms with Gasteiger partial charge in [0.1, 0.15) is 6.34 Å². The first-order chi connectivity index (χ1) is 6.88. The van der Waals surface area contributed by atoms with Gasteiger partial charge in [-0.1, -0.05) is 6.92 Å². The van der Waals surface area contributed by atoms with E-state index in [0.29, 0.717) is 12.8 Å². The molecule has 0 aromatic carbocycles. The van der Waals surface area contributed by atoms with E-state index < -0.39 is 17.5 Å². The third-order valence-electron chi connectivity index (χ3n) is 1.77. The monoisotopic (exact) mass is 226 g/mol. The summed E-state index contributed by atoms with van der Waals surface area (Å²) in [6.07, 6.45) is -5.86. The summed E-state index contributed by atoms with van der Waals surface area (Å²) in [5.41, 5.74) is 0. The van der Waals surface area contributed by atoms with E-state index in [1.807, 2.05) is 0 Å². The average Bonchev–Trinajstić information content (AvgIpc) is 2.47. The Bertz CT molecular complexity index is 280. The predicted molar refractivity (Wildman–Crippen MR) is 44.2 cm³/mol. The Balaban J connectivity index is 2.85. The van der Waals surface area contributed by atoms with Gasteiger partial charge in [0.2, 0.25) is 0 Å². The fourth-order valence-corrected chi connectivity index (χ4v) is 1.19. The Labute approximate surface area is 83.1 Å². The van der Waals surface area contributed by atoms with Crippen molar-refractivity contribution in [2.45, 2.75) is 25.9 Å². The minimum atomic E-state index is -4.79. The van der Waals surface area contributed by atoms with Crippen LogP contribution >= 0.6 is 0 Å². The molecular formula is C6H9F3N4O2. The van der Waals surface area contributed by atoms with Gasteiger partial charge in [-0.3, -0.25) is 10.1 Å². The number of hydrogen-bond donors (Lipinski definition) is 0. The van der Waals surface area contributed by atoms with Crippen LogP contribution in [0, 0.1) is 10.1 Å². The molecule has 1 aliphatic rings. The predicted octanol–water partition coefficient (Wildman–Crippen LogP) is 1.04. The van der Waals surface area contributed by atoms with Gasteiger partial charge < -0.3 is 0 Å². The molecule has 0 aromatic heterocycles. The number of alkyl halides is 3. The molecule has 1 rings (SSSR count). The zero-order chi connectivity index (χ0) is 11.6. The topological polar surface area (TPSA) is 62.0 Å². The average molecular weight is 226 g/mol. The largest absolute Gasteiger partial charge is 0.492 e. The molecule has 0 radical (unpaired) electrons. The first-order valence-electron chi connectivity index (χ1n) is 4.17. The minimum Gasteiger partial charge on any atom is -0.261 e. The molecule has 1 aliphatic heterocycles. The van der Waals surface area contributed by atoms with Crippen LogP contribution in [0.25, 0.3) is 0 Å². The lowest BCUT2D eigenvalue weighted by molar-refractivity contribution is -0.584. The van der Waals surface area contributed by atoms with E-state index in [0.717, 1.165) is 5.01 Å². The fraction of sp³-hybridized carbons (Fsp3) is 0.833. The molecule has 0 saturated carbocycles. The molecule has 1 unspecified atom stereocenters. The lowest BCUT2D eigenvalue weighted by Gasteiger charge is -2.24. The molecule has 1 heterocycles. The second kappa shape index (κ2) is 3.91. The number of rotatable bonds is 3. The number of hydrogen-bond acceptors (Lipinski definition) is 5. The van der Waals surface area contributed by atoms with Gasteiger partial charge in [0.15, 0.2) is 0 Å². The van der Waals surface area contributed by atoms with Crippen molar-refractivity contribution in [1.82, 2.24) is 9.91 Å². The van der Waals surface area contributed by atoms with Gasteiger partial charge in [0, 0.05) is 6.54 Å². The molecule has 1 atom stereocenters. The van der Waals surface area contributed by atoms with Crippen molar-refractivity contribution in [3.63, 3.8) is 0 Å². The van der Waals surface area contributed by atoms with Crippen LogP contribution in [0.15, 0.2) is 5.10 Å². The molecule has 0 aliphatic carbocycles. The highest BCUT2D eigenvalue weighted by Gasteiger charge is 2.51. The highest BCUT2D eigenvalue weighted by molar-refractivity contribution is 5.57. The van der Waals surface area contributed by atoms with E-state index >= 15 is 0 Å². The fourth-order valence-electron chi connectivity index (χ4n) is 1.19. The number of hydrazone groups is 1. The summed E-state index contributed by atoms with van der Waals surface area (Å²) < 4.78 is 36.9. The summed E-state index contributed by atoms with van der Waals surface area (Å²) in [5, 5.41) is 14.6. The van der Waals surface area contributed by atoms with Crippen LogP contribution in [0.1, 0.15) is 13.3 Å². The minimum absolute atomic E-state index is 0.106. The molecule has 0 amide bonds. The first-order valence-corrected chi connectivity index (χ1v) is 4.17. The molecule has 0 aromatic rings. The lowest BCUT2D eigenvalue weighted by Crippen LogP contribution is -2.51. The molecule has 0 N–H and O–H groups in total. The van der Waals surface area contributed by atoms with Crippen molar-refractivity contribution in [3.8, 4) is 0 Å². The van der Waals surface area contributed by atoms with Crippen LogP contribution in [0.4, 0.5) is 13.2 Å². The summed E-state index contributed by atoms with van der Waals surface area (Å²) in [6.45, 7) is 1.80. The van der Waals surface area contributed by atoms with Crippen molar-refractivity contribution >= 4 is 6.34 Å². The SMILES string of the molecule is CCCN1N=CN(C(F)(F)F)C1[N+](=O)[O-]. The van der Waals surface area contributed by atoms with Crippen molar-refractivity contribution < 1.29 is 18.1 Å². The second-order valence-corrected chi connectivity index (χ2v) is 2.90. The molecule has 6 nitrogen and oxygen atoms in total. The standard InChI is InChI=1S/C6H9F3N4O2/c1-2-3-12-5(13(14)15)11(4-10-12)6(7,8)9/h4-5H,2-3H2,1H3. The summed E-state index contributed by atoms with van der Waals surface area (Å²) >= 11 is 0. The van der Waals surface area contributed by atoms with Crippen LogP contribution in [-0.4, -0.2) is 40.3 Å². The van der Waals surface area contributed by atoms with Crippen molar-refractivity contribution in [2.75, 3.05) is 6.54 Å². The highest BCUT2D eigenvalue weighted by Crippen LogP contribution is 2.27. The summed E-state index contributed by atoms with van der Waals surface area (Å²) in [7, 11) is 0. The summed E-state index contributed by atoms with van der Waals surface area (Å²) in [5.74, 6) is 0. The van der Waals surface area contributed by atoms with Crippen LogP contribution in [0.2, 0.25) is 0 Å². The molecule has 0 spiro atoms. The Kier molecular flexibility index (Phi) is 3.01. The smallest absolute Gasteiger partial charge is 0.261 e. The third kappa shape index (κ3) is 2.28.